The van der Waals surface area contributed by atoms with E-state index < -0.39 is 62.4 Å². The van der Waals surface area contributed by atoms with Crippen LogP contribution >= 0.6 is 0 Å². The summed E-state index contributed by atoms with van der Waals surface area (Å²) in [4.78, 5) is -1.33. The largest absolute Gasteiger partial charge is 0.488 e. The Kier molecular flexibility index (Phi) is 32.8. The molecule has 0 amide bonds. The summed E-state index contributed by atoms with van der Waals surface area (Å²) >= 11 is 0. The van der Waals surface area contributed by atoms with Gasteiger partial charge < -0.3 is 9.47 Å². The molecule has 0 saturated carbocycles. The van der Waals surface area contributed by atoms with E-state index in [-0.39, 0.29) is 67.1 Å². The predicted octanol–water partition coefficient (Wildman–Crippen LogP) is 18.7. The molecule has 0 aliphatic rings. The van der Waals surface area contributed by atoms with Crippen LogP contribution in [0.3, 0.4) is 0 Å². The third-order valence-corrected chi connectivity index (χ3v) is 18.0. The van der Waals surface area contributed by atoms with Crippen molar-refractivity contribution in [3.8, 4) is 11.5 Å². The van der Waals surface area contributed by atoms with Crippen molar-refractivity contribution in [1.82, 2.24) is 0 Å². The molecule has 0 fully saturated rings. The fourth-order valence-corrected chi connectivity index (χ4v) is 9.92. The van der Waals surface area contributed by atoms with Gasteiger partial charge in [0.25, 0.3) is 0 Å². The summed E-state index contributed by atoms with van der Waals surface area (Å²) in [5, 5.41) is 0. The minimum absolute atomic E-state index is 0.00870. The number of hydrogen-bond donors (Lipinski definition) is 0. The summed E-state index contributed by atoms with van der Waals surface area (Å²) in [7, 11) is -17.8. The number of hydrogen-bond acceptors (Lipinski definition) is 10. The molecule has 492 valence electrons. The van der Waals surface area contributed by atoms with Gasteiger partial charge in [0.1, 0.15) is 0 Å². The van der Waals surface area contributed by atoms with E-state index in [0.29, 0.717) is 23.3 Å². The van der Waals surface area contributed by atoms with Gasteiger partial charge in [0.2, 0.25) is 39.3 Å². The van der Waals surface area contributed by atoms with Crippen LogP contribution < -0.4 is 9.47 Å². The average Bonchev–Trinajstić information content (AvgIpc) is 2.99. The quantitative estimate of drug-likeness (QED) is 0.0759. The van der Waals surface area contributed by atoms with E-state index in [9.17, 15) is 77.6 Å². The molecule has 6 aromatic carbocycles. The van der Waals surface area contributed by atoms with E-state index in [1.165, 1.54) is 48.5 Å². The smallest absolute Gasteiger partial charge is 0.341 e. The predicted molar refractivity (Wildman–Crippen MR) is 327 cm³/mol. The van der Waals surface area contributed by atoms with E-state index >= 15 is 0 Å². The van der Waals surface area contributed by atoms with Gasteiger partial charge in [0.05, 0.1) is 31.8 Å². The fraction of sp³-hybridized carbons (Fsp3) is 0.438. The Labute approximate surface area is 514 Å². The molecular weight excluding hydrogens is 1250 g/mol. The van der Waals surface area contributed by atoms with Gasteiger partial charge in [-0.3, -0.25) is 0 Å². The Morgan fingerprint density at radius 1 is 0.261 bits per heavy atom. The second-order valence-electron chi connectivity index (χ2n) is 22.1. The molecule has 6 rings (SSSR count). The highest BCUT2D eigenvalue weighted by molar-refractivity contribution is 7.92. The number of rotatable bonds is 18. The van der Waals surface area contributed by atoms with Crippen molar-refractivity contribution in [2.75, 3.05) is 0 Å². The van der Waals surface area contributed by atoms with Gasteiger partial charge >= 0.3 is 23.0 Å². The first-order valence-electron chi connectivity index (χ1n) is 27.8. The Morgan fingerprint density at radius 2 is 0.420 bits per heavy atom. The molecule has 0 radical (unpaired) electrons. The Balaban J connectivity index is 0.000000528. The molecular formula is C64H82F10O10S4. The van der Waals surface area contributed by atoms with Gasteiger partial charge in [0.15, 0.2) is 23.1 Å². The van der Waals surface area contributed by atoms with Crippen molar-refractivity contribution in [1.29, 1.82) is 0 Å². The van der Waals surface area contributed by atoms with Crippen LogP contribution in [-0.2, 0) is 39.3 Å². The van der Waals surface area contributed by atoms with Crippen LogP contribution in [0.2, 0.25) is 0 Å². The first-order chi connectivity index (χ1) is 40.4. The van der Waals surface area contributed by atoms with E-state index in [1.54, 1.807) is 72.8 Å². The highest BCUT2D eigenvalue weighted by Gasteiger charge is 2.29. The summed E-state index contributed by atoms with van der Waals surface area (Å²) in [5.74, 6) is -11.6. The lowest BCUT2D eigenvalue weighted by molar-refractivity contribution is 0.231. The molecule has 0 atom stereocenters. The van der Waals surface area contributed by atoms with Gasteiger partial charge in [-0.15, -0.1) is 0 Å². The van der Waals surface area contributed by atoms with Gasteiger partial charge in [0, 0.05) is 0 Å². The highest BCUT2D eigenvalue weighted by Crippen LogP contribution is 2.28. The molecule has 24 heteroatoms. The second-order valence-corrected chi connectivity index (χ2v) is 29.8. The first kappa shape index (κ1) is 80.0. The number of halogens is 10. The molecule has 0 N–H and O–H groups in total. The van der Waals surface area contributed by atoms with Gasteiger partial charge in [-0.25, -0.2) is 42.5 Å². The molecule has 0 bridgehead atoms. The van der Waals surface area contributed by atoms with Crippen LogP contribution in [0.5, 0.6) is 11.5 Å². The fourth-order valence-electron chi connectivity index (χ4n) is 7.03. The Hall–Kier alpha value is -5.98. The molecule has 0 unspecified atom stereocenters. The van der Waals surface area contributed by atoms with Crippen molar-refractivity contribution in [2.45, 2.75) is 201 Å². The summed E-state index contributed by atoms with van der Waals surface area (Å²) in [6.45, 7) is 31.2. The second kappa shape index (κ2) is 36.0. The van der Waals surface area contributed by atoms with Crippen LogP contribution in [0.1, 0.15) is 180 Å². The molecule has 0 heterocycles. The minimum Gasteiger partial charge on any atom is -0.488 e. The first-order valence-corrected chi connectivity index (χ1v) is 34.0. The third kappa shape index (κ3) is 25.5. The lowest BCUT2D eigenvalue weighted by Gasteiger charge is -2.12. The van der Waals surface area contributed by atoms with E-state index in [0.717, 1.165) is 33.4 Å². The van der Waals surface area contributed by atoms with Crippen LogP contribution in [0.25, 0.3) is 0 Å². The zero-order valence-corrected chi connectivity index (χ0v) is 55.4. The summed E-state index contributed by atoms with van der Waals surface area (Å²) < 4.78 is 223. The molecule has 0 aliphatic heterocycles. The van der Waals surface area contributed by atoms with Crippen molar-refractivity contribution >= 4 is 39.3 Å². The van der Waals surface area contributed by atoms with E-state index in [1.807, 2.05) is 123 Å². The van der Waals surface area contributed by atoms with Crippen molar-refractivity contribution < 1.29 is 87.0 Å². The molecule has 0 spiro atoms. The van der Waals surface area contributed by atoms with Crippen molar-refractivity contribution in [2.24, 2.45) is 0 Å². The van der Waals surface area contributed by atoms with E-state index in [2.05, 4.69) is 0 Å². The number of benzene rings is 6. The van der Waals surface area contributed by atoms with Crippen LogP contribution in [0.4, 0.5) is 43.9 Å². The number of ether oxygens (including phenoxy) is 2. The zero-order valence-electron chi connectivity index (χ0n) is 52.1. The molecule has 6 aromatic rings. The Bertz CT molecular complexity index is 3100. The average molecular weight is 1330 g/mol. The van der Waals surface area contributed by atoms with Crippen LogP contribution in [-0.4, -0.2) is 68.9 Å². The maximum atomic E-state index is 13.4. The molecule has 0 aromatic heterocycles. The normalized spacial score (nSPS) is 12.0. The topological polar surface area (TPSA) is 155 Å². The third-order valence-electron chi connectivity index (χ3n) is 12.4. The highest BCUT2D eigenvalue weighted by atomic mass is 32.2. The summed E-state index contributed by atoms with van der Waals surface area (Å²) in [6, 6.07) is 32.5. The number of sulfone groups is 4. The number of alkyl halides is 8. The molecule has 10 nitrogen and oxygen atoms in total. The maximum Gasteiger partial charge on any atom is 0.341 e. The lowest BCUT2D eigenvalue weighted by atomic mass is 10.0. The summed E-state index contributed by atoms with van der Waals surface area (Å²) in [5.41, 5.74) is 5.68. The van der Waals surface area contributed by atoms with Gasteiger partial charge in [-0.1, -0.05) is 144 Å². The van der Waals surface area contributed by atoms with Gasteiger partial charge in [-0.05, 0) is 169 Å². The lowest BCUT2D eigenvalue weighted by Crippen LogP contribution is -2.11. The molecule has 88 heavy (non-hydrogen) atoms. The standard InChI is InChI=1S/2C12H17FO.4C10H12F2O2S/c2*1-8(2)10-5-6-12(11(13)7-10)14-9(3)4;4*1-7(2)8-3-5-9(6-4-8)15(13,14)10(11)12/h2*5-9H,1-4H3;4*3-7,10H,1-2H3. The minimum atomic E-state index is -4.45. The zero-order chi connectivity index (χ0) is 68.0. The summed E-state index contributed by atoms with van der Waals surface area (Å²) in [6.07, 6.45) is 0.0174. The van der Waals surface area contributed by atoms with Crippen molar-refractivity contribution in [3.05, 3.63) is 178 Å². The van der Waals surface area contributed by atoms with Gasteiger partial charge in [-0.2, -0.15) is 35.1 Å². The Morgan fingerprint density at radius 3 is 0.545 bits per heavy atom. The molecule has 0 saturated heterocycles. The van der Waals surface area contributed by atoms with E-state index in [4.69, 9.17) is 9.47 Å². The molecule has 0 aliphatic carbocycles. The monoisotopic (exact) mass is 1330 g/mol. The maximum absolute atomic E-state index is 13.4. The SMILES string of the molecule is CC(C)Oc1ccc(C(C)C)cc1F.CC(C)Oc1ccc(C(C)C)cc1F.CC(C)c1ccc(S(=O)(=O)C(F)F)cc1.CC(C)c1ccc(S(=O)(=O)C(F)F)cc1.CC(C)c1ccc(S(=O)(=O)C(F)F)cc1.CC(C)c1ccc(S(=O)(=O)C(F)F)cc1. The van der Waals surface area contributed by atoms with Crippen LogP contribution in [0.15, 0.2) is 153 Å². The van der Waals surface area contributed by atoms with Crippen molar-refractivity contribution in [3.63, 3.8) is 0 Å². The van der Waals surface area contributed by atoms with Crippen LogP contribution in [0, 0.1) is 11.6 Å².